The molecule has 1 saturated heterocycles. The highest BCUT2D eigenvalue weighted by atomic mass is 16.6. The Kier molecular flexibility index (Phi) is 5.80. The molecule has 134 valence electrons. The Labute approximate surface area is 146 Å². The fourth-order valence-corrected chi connectivity index (χ4v) is 3.10. The third kappa shape index (κ3) is 4.88. The second-order valence-corrected chi connectivity index (χ2v) is 6.28. The number of benzene rings is 1. The number of hydrogen-bond donors (Lipinski definition) is 1. The third-order valence-electron chi connectivity index (χ3n) is 4.34. The molecule has 2 aromatic rings. The summed E-state index contributed by atoms with van der Waals surface area (Å²) >= 11 is 0. The minimum Gasteiger partial charge on any atom is -0.468 e. The molecule has 1 aromatic heterocycles. The summed E-state index contributed by atoms with van der Waals surface area (Å²) in [7, 11) is 0. The number of rotatable bonds is 8. The SMILES string of the molecule is O=[N+]([O-])c1cccc(C(O)CN(Cc2ccco2)CC2CCCO2)c1. The zero-order valence-electron chi connectivity index (χ0n) is 13.9. The normalized spacial score (nSPS) is 18.6. The smallest absolute Gasteiger partial charge is 0.269 e. The Hall–Kier alpha value is -2.22. The second-order valence-electron chi connectivity index (χ2n) is 6.28. The highest BCUT2D eigenvalue weighted by Gasteiger charge is 2.23. The maximum atomic E-state index is 10.9. The Morgan fingerprint density at radius 3 is 2.92 bits per heavy atom. The van der Waals surface area contributed by atoms with Gasteiger partial charge in [-0.05, 0) is 30.5 Å². The summed E-state index contributed by atoms with van der Waals surface area (Å²) in [5.74, 6) is 0.809. The van der Waals surface area contributed by atoms with Crippen molar-refractivity contribution < 1.29 is 19.2 Å². The fraction of sp³-hybridized carbons (Fsp3) is 0.444. The van der Waals surface area contributed by atoms with Crippen LogP contribution in [0.4, 0.5) is 5.69 Å². The highest BCUT2D eigenvalue weighted by Crippen LogP contribution is 2.22. The minimum absolute atomic E-state index is 0.0201. The third-order valence-corrected chi connectivity index (χ3v) is 4.34. The van der Waals surface area contributed by atoms with Crippen LogP contribution in [0.25, 0.3) is 0 Å². The molecule has 2 atom stereocenters. The first-order valence-corrected chi connectivity index (χ1v) is 8.40. The first-order chi connectivity index (χ1) is 12.1. The molecule has 25 heavy (non-hydrogen) atoms. The minimum atomic E-state index is -0.823. The lowest BCUT2D eigenvalue weighted by molar-refractivity contribution is -0.385. The van der Waals surface area contributed by atoms with Crippen molar-refractivity contribution in [2.45, 2.75) is 31.6 Å². The van der Waals surface area contributed by atoms with Crippen molar-refractivity contribution >= 4 is 5.69 Å². The summed E-state index contributed by atoms with van der Waals surface area (Å²) in [5.41, 5.74) is 0.513. The van der Waals surface area contributed by atoms with Gasteiger partial charge in [0.25, 0.3) is 5.69 Å². The van der Waals surface area contributed by atoms with E-state index in [0.717, 1.165) is 25.2 Å². The standard InChI is InChI=1S/C18H22N2O5/c21-18(14-4-1-5-15(10-14)20(22)23)13-19(11-16-6-2-8-24-16)12-17-7-3-9-25-17/h1-2,4-6,8,10,17-18,21H,3,7,9,11-13H2. The van der Waals surface area contributed by atoms with Gasteiger partial charge in [0.1, 0.15) is 5.76 Å². The fourth-order valence-electron chi connectivity index (χ4n) is 3.10. The van der Waals surface area contributed by atoms with Gasteiger partial charge in [-0.1, -0.05) is 12.1 Å². The van der Waals surface area contributed by atoms with E-state index in [1.54, 1.807) is 18.4 Å². The van der Waals surface area contributed by atoms with Gasteiger partial charge in [-0.15, -0.1) is 0 Å². The first-order valence-electron chi connectivity index (χ1n) is 8.40. The molecule has 0 saturated carbocycles. The van der Waals surface area contributed by atoms with Gasteiger partial charge in [-0.25, -0.2) is 0 Å². The van der Waals surface area contributed by atoms with Crippen LogP contribution in [0.1, 0.15) is 30.3 Å². The molecule has 0 radical (unpaired) electrons. The molecule has 0 spiro atoms. The van der Waals surface area contributed by atoms with Crippen molar-refractivity contribution in [2.24, 2.45) is 0 Å². The average molecular weight is 346 g/mol. The van der Waals surface area contributed by atoms with Crippen molar-refractivity contribution in [2.75, 3.05) is 19.7 Å². The van der Waals surface area contributed by atoms with Crippen molar-refractivity contribution in [1.29, 1.82) is 0 Å². The van der Waals surface area contributed by atoms with E-state index in [4.69, 9.17) is 9.15 Å². The van der Waals surface area contributed by atoms with E-state index in [-0.39, 0.29) is 11.8 Å². The molecule has 7 heteroatoms. The number of non-ortho nitro benzene ring substituents is 1. The predicted molar refractivity (Wildman–Crippen MR) is 91.0 cm³/mol. The summed E-state index contributed by atoms with van der Waals surface area (Å²) in [5, 5.41) is 21.5. The lowest BCUT2D eigenvalue weighted by atomic mass is 10.1. The molecule has 2 heterocycles. The van der Waals surface area contributed by atoms with Crippen LogP contribution in [0.15, 0.2) is 47.1 Å². The van der Waals surface area contributed by atoms with E-state index in [9.17, 15) is 15.2 Å². The van der Waals surface area contributed by atoms with Gasteiger partial charge < -0.3 is 14.3 Å². The Morgan fingerprint density at radius 1 is 1.36 bits per heavy atom. The zero-order chi connectivity index (χ0) is 17.6. The molecular formula is C18H22N2O5. The van der Waals surface area contributed by atoms with Gasteiger partial charge in [0.05, 0.1) is 29.9 Å². The number of furan rings is 1. The van der Waals surface area contributed by atoms with E-state index in [0.29, 0.717) is 25.2 Å². The van der Waals surface area contributed by atoms with Crippen molar-refractivity contribution in [3.05, 3.63) is 64.1 Å². The van der Waals surface area contributed by atoms with Crippen molar-refractivity contribution in [3.8, 4) is 0 Å². The molecule has 3 rings (SSSR count). The summed E-state index contributed by atoms with van der Waals surface area (Å²) in [4.78, 5) is 12.5. The molecule has 1 aromatic carbocycles. The van der Waals surface area contributed by atoms with Gasteiger partial charge in [0.2, 0.25) is 0 Å². The summed E-state index contributed by atoms with van der Waals surface area (Å²) in [6, 6.07) is 9.85. The van der Waals surface area contributed by atoms with Crippen LogP contribution in [0.3, 0.4) is 0 Å². The van der Waals surface area contributed by atoms with Crippen LogP contribution in [-0.4, -0.2) is 40.7 Å². The summed E-state index contributed by atoms with van der Waals surface area (Å²) in [6.45, 7) is 2.36. The molecule has 1 aliphatic rings. The molecule has 0 aliphatic carbocycles. The average Bonchev–Trinajstić information content (AvgIpc) is 3.29. The highest BCUT2D eigenvalue weighted by molar-refractivity contribution is 5.35. The maximum absolute atomic E-state index is 10.9. The van der Waals surface area contributed by atoms with E-state index in [1.165, 1.54) is 12.1 Å². The summed E-state index contributed by atoms with van der Waals surface area (Å²) < 4.78 is 11.1. The molecule has 2 unspecified atom stereocenters. The zero-order valence-corrected chi connectivity index (χ0v) is 13.9. The van der Waals surface area contributed by atoms with Crippen LogP contribution < -0.4 is 0 Å². The largest absolute Gasteiger partial charge is 0.468 e. The Bertz CT molecular complexity index is 683. The van der Waals surface area contributed by atoms with Crippen LogP contribution in [0.2, 0.25) is 0 Å². The lowest BCUT2D eigenvalue weighted by Crippen LogP contribution is -2.35. The molecule has 7 nitrogen and oxygen atoms in total. The maximum Gasteiger partial charge on any atom is 0.269 e. The van der Waals surface area contributed by atoms with Crippen LogP contribution >= 0.6 is 0 Å². The van der Waals surface area contributed by atoms with Gasteiger partial charge >= 0.3 is 0 Å². The van der Waals surface area contributed by atoms with Crippen LogP contribution in [-0.2, 0) is 11.3 Å². The Morgan fingerprint density at radius 2 is 2.24 bits per heavy atom. The van der Waals surface area contributed by atoms with E-state index >= 15 is 0 Å². The molecule has 0 amide bonds. The predicted octanol–water partition coefficient (Wildman–Crippen LogP) is 2.90. The number of hydrogen-bond acceptors (Lipinski definition) is 6. The van der Waals surface area contributed by atoms with E-state index in [2.05, 4.69) is 4.90 Å². The van der Waals surface area contributed by atoms with Crippen molar-refractivity contribution in [3.63, 3.8) is 0 Å². The number of nitro benzene ring substituents is 1. The number of ether oxygens (including phenoxy) is 1. The van der Waals surface area contributed by atoms with E-state index in [1.807, 2.05) is 12.1 Å². The van der Waals surface area contributed by atoms with Gasteiger partial charge in [-0.2, -0.15) is 0 Å². The van der Waals surface area contributed by atoms with Gasteiger partial charge in [-0.3, -0.25) is 15.0 Å². The number of aliphatic hydroxyl groups excluding tert-OH is 1. The molecule has 1 aliphatic heterocycles. The molecule has 1 fully saturated rings. The van der Waals surface area contributed by atoms with Crippen LogP contribution in [0, 0.1) is 10.1 Å². The lowest BCUT2D eigenvalue weighted by Gasteiger charge is -2.26. The van der Waals surface area contributed by atoms with Crippen LogP contribution in [0.5, 0.6) is 0 Å². The molecule has 0 bridgehead atoms. The number of nitrogens with zero attached hydrogens (tertiary/aromatic N) is 2. The van der Waals surface area contributed by atoms with Gasteiger partial charge in [0, 0.05) is 31.8 Å². The monoisotopic (exact) mass is 346 g/mol. The Balaban J connectivity index is 1.69. The quantitative estimate of drug-likeness (QED) is 0.584. The molecular weight excluding hydrogens is 324 g/mol. The van der Waals surface area contributed by atoms with Crippen molar-refractivity contribution in [1.82, 2.24) is 4.90 Å². The second kappa shape index (κ2) is 8.24. The topological polar surface area (TPSA) is 89.0 Å². The first kappa shape index (κ1) is 17.6. The summed E-state index contributed by atoms with van der Waals surface area (Å²) in [6.07, 6.45) is 2.99. The molecule has 1 N–H and O–H groups in total. The number of nitro groups is 1. The number of aliphatic hydroxyl groups is 1. The van der Waals surface area contributed by atoms with Gasteiger partial charge in [0.15, 0.2) is 0 Å². The van der Waals surface area contributed by atoms with E-state index < -0.39 is 11.0 Å².